The van der Waals surface area contributed by atoms with Gasteiger partial charge >= 0.3 is 0 Å². The summed E-state index contributed by atoms with van der Waals surface area (Å²) in [5.41, 5.74) is 0. The van der Waals surface area contributed by atoms with E-state index in [1.54, 1.807) is 25.6 Å². The normalized spacial score (nSPS) is 10.1. The minimum absolute atomic E-state index is 0.530. The fourth-order valence-corrected chi connectivity index (χ4v) is 1.27. The van der Waals surface area contributed by atoms with Crippen molar-refractivity contribution in [1.82, 2.24) is 19.5 Å². The van der Waals surface area contributed by atoms with Crippen molar-refractivity contribution in [2.75, 3.05) is 12.4 Å². The Hall–Kier alpha value is -2.11. The molecule has 0 saturated carbocycles. The zero-order chi connectivity index (χ0) is 11.4. The lowest BCUT2D eigenvalue weighted by molar-refractivity contribution is 0.397. The third-order valence-electron chi connectivity index (χ3n) is 2.16. The standard InChI is InChI=1S/C10H13N5O/c1-15-6-5-11-8(15)7-13-10-12-4-3-9(14-10)16-2/h3-6H,7H2,1-2H3,(H,12,13,14). The van der Waals surface area contributed by atoms with Gasteiger partial charge in [-0.25, -0.2) is 9.97 Å². The molecule has 0 bridgehead atoms. The summed E-state index contributed by atoms with van der Waals surface area (Å²) in [4.78, 5) is 12.4. The maximum absolute atomic E-state index is 5.00. The number of methoxy groups -OCH3 is 1. The van der Waals surface area contributed by atoms with E-state index in [9.17, 15) is 0 Å². The summed E-state index contributed by atoms with van der Waals surface area (Å²) >= 11 is 0. The van der Waals surface area contributed by atoms with Crippen LogP contribution in [0.25, 0.3) is 0 Å². The number of anilines is 1. The summed E-state index contributed by atoms with van der Waals surface area (Å²) in [5.74, 6) is 1.99. The lowest BCUT2D eigenvalue weighted by atomic mass is 10.5. The van der Waals surface area contributed by atoms with Gasteiger partial charge in [0.15, 0.2) is 0 Å². The summed E-state index contributed by atoms with van der Waals surface area (Å²) in [6.07, 6.45) is 5.29. The van der Waals surface area contributed by atoms with Crippen LogP contribution in [-0.2, 0) is 13.6 Å². The molecular formula is C10H13N5O. The van der Waals surface area contributed by atoms with Crippen molar-refractivity contribution in [3.05, 3.63) is 30.5 Å². The first-order valence-electron chi connectivity index (χ1n) is 4.86. The Morgan fingerprint density at radius 2 is 2.25 bits per heavy atom. The number of aromatic nitrogens is 4. The van der Waals surface area contributed by atoms with E-state index in [1.165, 1.54) is 0 Å². The van der Waals surface area contributed by atoms with E-state index in [2.05, 4.69) is 20.3 Å². The highest BCUT2D eigenvalue weighted by molar-refractivity contribution is 5.27. The van der Waals surface area contributed by atoms with Crippen LogP contribution in [0.5, 0.6) is 5.88 Å². The number of aryl methyl sites for hydroxylation is 1. The van der Waals surface area contributed by atoms with Gasteiger partial charge in [-0.3, -0.25) is 0 Å². The van der Waals surface area contributed by atoms with Gasteiger partial charge in [0, 0.05) is 31.7 Å². The van der Waals surface area contributed by atoms with Crippen LogP contribution in [0, 0.1) is 0 Å². The summed E-state index contributed by atoms with van der Waals surface area (Å²) in [6.45, 7) is 0.580. The van der Waals surface area contributed by atoms with Gasteiger partial charge in [0.1, 0.15) is 5.82 Å². The minimum Gasteiger partial charge on any atom is -0.481 e. The summed E-state index contributed by atoms with van der Waals surface area (Å²) in [6, 6.07) is 1.70. The van der Waals surface area contributed by atoms with E-state index in [4.69, 9.17) is 4.74 Å². The number of imidazole rings is 1. The molecule has 6 heteroatoms. The molecule has 0 spiro atoms. The van der Waals surface area contributed by atoms with Crippen molar-refractivity contribution in [1.29, 1.82) is 0 Å². The largest absolute Gasteiger partial charge is 0.481 e. The van der Waals surface area contributed by atoms with Gasteiger partial charge in [-0.05, 0) is 0 Å². The van der Waals surface area contributed by atoms with Crippen LogP contribution in [0.1, 0.15) is 5.82 Å². The Labute approximate surface area is 93.3 Å². The van der Waals surface area contributed by atoms with Crippen molar-refractivity contribution in [3.63, 3.8) is 0 Å². The van der Waals surface area contributed by atoms with Crippen molar-refractivity contribution >= 4 is 5.95 Å². The zero-order valence-electron chi connectivity index (χ0n) is 9.21. The second-order valence-electron chi connectivity index (χ2n) is 3.23. The van der Waals surface area contributed by atoms with Crippen molar-refractivity contribution in [3.8, 4) is 5.88 Å². The topological polar surface area (TPSA) is 64.9 Å². The molecule has 0 fully saturated rings. The Balaban J connectivity index is 2.02. The predicted molar refractivity (Wildman–Crippen MR) is 59.1 cm³/mol. The van der Waals surface area contributed by atoms with Gasteiger partial charge in [-0.1, -0.05) is 0 Å². The van der Waals surface area contributed by atoms with Crippen LogP contribution in [-0.4, -0.2) is 26.6 Å². The van der Waals surface area contributed by atoms with E-state index < -0.39 is 0 Å². The molecule has 0 amide bonds. The van der Waals surface area contributed by atoms with Crippen LogP contribution in [0.2, 0.25) is 0 Å². The van der Waals surface area contributed by atoms with Crippen LogP contribution >= 0.6 is 0 Å². The van der Waals surface area contributed by atoms with Crippen LogP contribution in [0.3, 0.4) is 0 Å². The van der Waals surface area contributed by atoms with E-state index >= 15 is 0 Å². The first-order valence-corrected chi connectivity index (χ1v) is 4.86. The third kappa shape index (κ3) is 2.28. The Kier molecular flexibility index (Phi) is 3.00. The summed E-state index contributed by atoms with van der Waals surface area (Å²) < 4.78 is 6.94. The Morgan fingerprint density at radius 3 is 2.94 bits per heavy atom. The number of nitrogens with zero attached hydrogens (tertiary/aromatic N) is 4. The van der Waals surface area contributed by atoms with Gasteiger partial charge in [-0.15, -0.1) is 0 Å². The maximum atomic E-state index is 5.00. The molecule has 84 valence electrons. The second kappa shape index (κ2) is 4.61. The Morgan fingerprint density at radius 1 is 1.38 bits per heavy atom. The fourth-order valence-electron chi connectivity index (χ4n) is 1.27. The van der Waals surface area contributed by atoms with Crippen LogP contribution < -0.4 is 10.1 Å². The lowest BCUT2D eigenvalue weighted by Crippen LogP contribution is -2.08. The molecule has 0 aromatic carbocycles. The molecule has 0 unspecified atom stereocenters. The smallest absolute Gasteiger partial charge is 0.226 e. The molecule has 1 N–H and O–H groups in total. The van der Waals surface area contributed by atoms with E-state index in [1.807, 2.05) is 17.8 Å². The minimum atomic E-state index is 0.530. The Bertz CT molecular complexity index is 468. The van der Waals surface area contributed by atoms with Crippen LogP contribution in [0.15, 0.2) is 24.7 Å². The van der Waals surface area contributed by atoms with Crippen molar-refractivity contribution in [2.45, 2.75) is 6.54 Å². The van der Waals surface area contributed by atoms with Gasteiger partial charge in [-0.2, -0.15) is 4.98 Å². The second-order valence-corrected chi connectivity index (χ2v) is 3.23. The molecule has 2 aromatic heterocycles. The molecule has 2 heterocycles. The molecule has 2 rings (SSSR count). The van der Waals surface area contributed by atoms with Gasteiger partial charge in [0.2, 0.25) is 11.8 Å². The van der Waals surface area contributed by atoms with Gasteiger partial charge in [0.05, 0.1) is 13.7 Å². The first kappa shape index (κ1) is 10.4. The molecule has 0 atom stereocenters. The van der Waals surface area contributed by atoms with Gasteiger partial charge in [0.25, 0.3) is 0 Å². The number of nitrogens with one attached hydrogen (secondary N) is 1. The summed E-state index contributed by atoms with van der Waals surface area (Å²) in [5, 5.41) is 3.08. The van der Waals surface area contributed by atoms with Crippen molar-refractivity contribution in [2.24, 2.45) is 7.05 Å². The highest BCUT2D eigenvalue weighted by Crippen LogP contribution is 2.07. The maximum Gasteiger partial charge on any atom is 0.226 e. The SMILES string of the molecule is COc1ccnc(NCc2nccn2C)n1. The van der Waals surface area contributed by atoms with Crippen LogP contribution in [0.4, 0.5) is 5.95 Å². The van der Waals surface area contributed by atoms with E-state index in [-0.39, 0.29) is 0 Å². The molecule has 0 aliphatic rings. The van der Waals surface area contributed by atoms with E-state index in [0.717, 1.165) is 5.82 Å². The quantitative estimate of drug-likeness (QED) is 0.825. The number of hydrogen-bond acceptors (Lipinski definition) is 5. The third-order valence-corrected chi connectivity index (χ3v) is 2.16. The average molecular weight is 219 g/mol. The molecule has 0 aliphatic heterocycles. The predicted octanol–water partition coefficient (Wildman–Crippen LogP) is 0.831. The zero-order valence-corrected chi connectivity index (χ0v) is 9.21. The molecule has 0 aliphatic carbocycles. The van der Waals surface area contributed by atoms with E-state index in [0.29, 0.717) is 18.4 Å². The summed E-state index contributed by atoms with van der Waals surface area (Å²) in [7, 11) is 3.52. The van der Waals surface area contributed by atoms with Gasteiger partial charge < -0.3 is 14.6 Å². The molecule has 16 heavy (non-hydrogen) atoms. The molecule has 2 aromatic rings. The molecular weight excluding hydrogens is 206 g/mol. The number of hydrogen-bond donors (Lipinski definition) is 1. The molecule has 0 saturated heterocycles. The fraction of sp³-hybridized carbons (Fsp3) is 0.300. The van der Waals surface area contributed by atoms with Crippen molar-refractivity contribution < 1.29 is 4.74 Å². The number of ether oxygens (including phenoxy) is 1. The average Bonchev–Trinajstić information content (AvgIpc) is 2.72. The highest BCUT2D eigenvalue weighted by Gasteiger charge is 2.01. The molecule has 0 radical (unpaired) electrons. The lowest BCUT2D eigenvalue weighted by Gasteiger charge is -2.05. The first-order chi connectivity index (χ1) is 7.79. The monoisotopic (exact) mass is 219 g/mol. The number of rotatable bonds is 4. The highest BCUT2D eigenvalue weighted by atomic mass is 16.5. The molecule has 6 nitrogen and oxygen atoms in total.